The van der Waals surface area contributed by atoms with Gasteiger partial charge in [0.1, 0.15) is 5.75 Å². The fourth-order valence-electron chi connectivity index (χ4n) is 2.57. The van der Waals surface area contributed by atoms with Crippen molar-refractivity contribution in [3.63, 3.8) is 0 Å². The Labute approximate surface area is 116 Å². The van der Waals surface area contributed by atoms with Crippen LogP contribution in [0.25, 0.3) is 0 Å². The summed E-state index contributed by atoms with van der Waals surface area (Å²) in [6, 6.07) is 9.03. The zero-order valence-electron chi connectivity index (χ0n) is 12.3. The van der Waals surface area contributed by atoms with Crippen LogP contribution in [0.2, 0.25) is 0 Å². The molecule has 1 aromatic carbocycles. The molecular weight excluding hydrogens is 236 g/mol. The van der Waals surface area contributed by atoms with Gasteiger partial charge in [-0.2, -0.15) is 0 Å². The van der Waals surface area contributed by atoms with Crippen molar-refractivity contribution >= 4 is 0 Å². The van der Waals surface area contributed by atoms with Crippen LogP contribution < -0.4 is 15.4 Å². The molecule has 0 amide bonds. The third-order valence-corrected chi connectivity index (χ3v) is 4.00. The van der Waals surface area contributed by atoms with Gasteiger partial charge in [0.05, 0.1) is 7.11 Å². The lowest BCUT2D eigenvalue weighted by Gasteiger charge is -2.31. The molecule has 106 valence electrons. The maximum atomic E-state index is 5.21. The number of piperidine rings is 1. The Morgan fingerprint density at radius 2 is 2.05 bits per heavy atom. The van der Waals surface area contributed by atoms with E-state index in [0.29, 0.717) is 6.04 Å². The third-order valence-electron chi connectivity index (χ3n) is 4.00. The minimum atomic E-state index is 0.143. The van der Waals surface area contributed by atoms with Gasteiger partial charge >= 0.3 is 0 Å². The summed E-state index contributed by atoms with van der Waals surface area (Å²) in [4.78, 5) is 0. The van der Waals surface area contributed by atoms with Gasteiger partial charge in [-0.15, -0.1) is 0 Å². The van der Waals surface area contributed by atoms with Crippen molar-refractivity contribution in [1.82, 2.24) is 10.6 Å². The largest absolute Gasteiger partial charge is 0.497 e. The molecule has 0 aliphatic carbocycles. The molecule has 3 nitrogen and oxygen atoms in total. The van der Waals surface area contributed by atoms with Crippen molar-refractivity contribution in [3.8, 4) is 5.75 Å². The smallest absolute Gasteiger partial charge is 0.118 e. The first kappa shape index (κ1) is 14.4. The molecule has 19 heavy (non-hydrogen) atoms. The Balaban J connectivity index is 1.92. The van der Waals surface area contributed by atoms with Gasteiger partial charge in [0.2, 0.25) is 0 Å². The minimum Gasteiger partial charge on any atom is -0.497 e. The Kier molecular flexibility index (Phi) is 4.83. The zero-order valence-corrected chi connectivity index (χ0v) is 12.3. The van der Waals surface area contributed by atoms with Crippen molar-refractivity contribution in [2.45, 2.75) is 38.1 Å². The molecule has 1 atom stereocenters. The van der Waals surface area contributed by atoms with Crippen LogP contribution in [0.5, 0.6) is 5.75 Å². The summed E-state index contributed by atoms with van der Waals surface area (Å²) in [6.07, 6.45) is 2.56. The van der Waals surface area contributed by atoms with Crippen LogP contribution in [0.15, 0.2) is 24.3 Å². The second-order valence-corrected chi connectivity index (χ2v) is 6.04. The van der Waals surface area contributed by atoms with E-state index in [9.17, 15) is 0 Å². The number of benzene rings is 1. The molecule has 2 N–H and O–H groups in total. The van der Waals surface area contributed by atoms with E-state index >= 15 is 0 Å². The molecular formula is C16H26N2O. The van der Waals surface area contributed by atoms with E-state index in [1.807, 2.05) is 12.1 Å². The maximum absolute atomic E-state index is 5.21. The number of rotatable bonds is 5. The van der Waals surface area contributed by atoms with Crippen LogP contribution in [-0.4, -0.2) is 32.8 Å². The molecule has 1 aliphatic heterocycles. The second kappa shape index (κ2) is 6.40. The monoisotopic (exact) mass is 262 g/mol. The normalized spacial score (nSPS) is 20.3. The summed E-state index contributed by atoms with van der Waals surface area (Å²) in [5.74, 6) is 0.920. The van der Waals surface area contributed by atoms with Crippen LogP contribution >= 0.6 is 0 Å². The molecule has 0 saturated carbocycles. The average molecular weight is 262 g/mol. The fraction of sp³-hybridized carbons (Fsp3) is 0.625. The number of hydrogen-bond acceptors (Lipinski definition) is 3. The van der Waals surface area contributed by atoms with E-state index in [1.165, 1.54) is 24.9 Å². The highest BCUT2D eigenvalue weighted by atomic mass is 16.5. The summed E-state index contributed by atoms with van der Waals surface area (Å²) >= 11 is 0. The van der Waals surface area contributed by atoms with Gasteiger partial charge in [0.15, 0.2) is 0 Å². The van der Waals surface area contributed by atoms with Gasteiger partial charge < -0.3 is 15.4 Å². The molecule has 3 heteroatoms. The maximum Gasteiger partial charge on any atom is 0.118 e. The molecule has 2 rings (SSSR count). The molecule has 1 aromatic rings. The van der Waals surface area contributed by atoms with Gasteiger partial charge in [0.25, 0.3) is 0 Å². The molecule has 1 saturated heterocycles. The van der Waals surface area contributed by atoms with E-state index in [4.69, 9.17) is 4.74 Å². The van der Waals surface area contributed by atoms with Gasteiger partial charge in [-0.1, -0.05) is 26.0 Å². The Morgan fingerprint density at radius 1 is 1.32 bits per heavy atom. The summed E-state index contributed by atoms with van der Waals surface area (Å²) in [6.45, 7) is 7.85. The van der Waals surface area contributed by atoms with Gasteiger partial charge in [-0.25, -0.2) is 0 Å². The number of nitrogens with one attached hydrogen (secondary N) is 2. The highest BCUT2D eigenvalue weighted by molar-refractivity contribution is 5.31. The SMILES string of the molecule is COc1ccc(C(C)(C)CNC2CCCNC2)cc1. The Hall–Kier alpha value is -1.06. The van der Waals surface area contributed by atoms with Gasteiger partial charge in [-0.3, -0.25) is 0 Å². The van der Waals surface area contributed by atoms with E-state index < -0.39 is 0 Å². The second-order valence-electron chi connectivity index (χ2n) is 6.04. The van der Waals surface area contributed by atoms with Crippen LogP contribution in [0, 0.1) is 0 Å². The fourth-order valence-corrected chi connectivity index (χ4v) is 2.57. The molecule has 1 heterocycles. The number of methoxy groups -OCH3 is 1. The minimum absolute atomic E-state index is 0.143. The standard InChI is InChI=1S/C16H26N2O/c1-16(2,12-18-14-5-4-10-17-11-14)13-6-8-15(19-3)9-7-13/h6-9,14,17-18H,4-5,10-12H2,1-3H3. The lowest BCUT2D eigenvalue weighted by atomic mass is 9.84. The average Bonchev–Trinajstić information content (AvgIpc) is 2.46. The lowest BCUT2D eigenvalue weighted by molar-refractivity contribution is 0.353. The number of ether oxygens (including phenoxy) is 1. The molecule has 1 aliphatic rings. The zero-order chi connectivity index (χ0) is 13.7. The molecule has 0 aromatic heterocycles. The molecule has 1 fully saturated rings. The highest BCUT2D eigenvalue weighted by Crippen LogP contribution is 2.24. The summed E-state index contributed by atoms with van der Waals surface area (Å²) in [5.41, 5.74) is 1.49. The molecule has 0 radical (unpaired) electrons. The topological polar surface area (TPSA) is 33.3 Å². The van der Waals surface area contributed by atoms with Crippen molar-refractivity contribution in [2.75, 3.05) is 26.7 Å². The van der Waals surface area contributed by atoms with Crippen molar-refractivity contribution in [3.05, 3.63) is 29.8 Å². The van der Waals surface area contributed by atoms with E-state index in [-0.39, 0.29) is 5.41 Å². The first-order chi connectivity index (χ1) is 9.12. The quantitative estimate of drug-likeness (QED) is 0.854. The van der Waals surface area contributed by atoms with E-state index in [2.05, 4.69) is 36.6 Å². The third kappa shape index (κ3) is 3.95. The van der Waals surface area contributed by atoms with Crippen LogP contribution in [-0.2, 0) is 5.41 Å². The van der Waals surface area contributed by atoms with Crippen molar-refractivity contribution < 1.29 is 4.74 Å². The Bertz CT molecular complexity index is 380. The van der Waals surface area contributed by atoms with Crippen molar-refractivity contribution in [1.29, 1.82) is 0 Å². The van der Waals surface area contributed by atoms with Crippen LogP contribution in [0.4, 0.5) is 0 Å². The van der Waals surface area contributed by atoms with Crippen LogP contribution in [0.3, 0.4) is 0 Å². The summed E-state index contributed by atoms with van der Waals surface area (Å²) < 4.78 is 5.21. The van der Waals surface area contributed by atoms with Gasteiger partial charge in [-0.05, 0) is 37.1 Å². The van der Waals surface area contributed by atoms with Crippen molar-refractivity contribution in [2.24, 2.45) is 0 Å². The summed E-state index contributed by atoms with van der Waals surface area (Å²) in [5, 5.41) is 7.14. The number of hydrogen-bond donors (Lipinski definition) is 2. The predicted molar refractivity (Wildman–Crippen MR) is 79.9 cm³/mol. The van der Waals surface area contributed by atoms with Gasteiger partial charge in [0, 0.05) is 24.5 Å². The molecule has 0 spiro atoms. The Morgan fingerprint density at radius 3 is 2.63 bits per heavy atom. The van der Waals surface area contributed by atoms with Crippen LogP contribution in [0.1, 0.15) is 32.3 Å². The summed E-state index contributed by atoms with van der Waals surface area (Å²) in [7, 11) is 1.71. The molecule has 0 bridgehead atoms. The first-order valence-electron chi connectivity index (χ1n) is 7.20. The van der Waals surface area contributed by atoms with E-state index in [1.54, 1.807) is 7.11 Å². The molecule has 1 unspecified atom stereocenters. The predicted octanol–water partition coefficient (Wildman–Crippen LogP) is 2.31. The first-order valence-corrected chi connectivity index (χ1v) is 7.20. The van der Waals surface area contributed by atoms with E-state index in [0.717, 1.165) is 18.8 Å². The lowest BCUT2D eigenvalue weighted by Crippen LogP contribution is -2.47. The highest BCUT2D eigenvalue weighted by Gasteiger charge is 2.22.